The molecular weight excluding hydrogens is 302 g/mol. The quantitative estimate of drug-likeness (QED) is 0.358. The highest BCUT2D eigenvalue weighted by molar-refractivity contribution is 5.97. The SMILES string of the molecule is CC(=NO)c1cnc2ncc(Cc3ccc4ncccc4c3)n2c1. The Balaban J connectivity index is 1.75. The number of fused-ring (bicyclic) bond motifs is 2. The minimum absolute atomic E-state index is 0.515. The monoisotopic (exact) mass is 317 g/mol. The van der Waals surface area contributed by atoms with Crippen molar-refractivity contribution in [3.63, 3.8) is 0 Å². The number of nitrogens with zero attached hydrogens (tertiary/aromatic N) is 5. The fraction of sp³-hybridized carbons (Fsp3) is 0.111. The molecule has 118 valence electrons. The lowest BCUT2D eigenvalue weighted by Gasteiger charge is -2.05. The Morgan fingerprint density at radius 2 is 2.04 bits per heavy atom. The number of hydrogen-bond acceptors (Lipinski definition) is 5. The van der Waals surface area contributed by atoms with E-state index in [9.17, 15) is 0 Å². The first-order valence-corrected chi connectivity index (χ1v) is 7.59. The molecule has 6 nitrogen and oxygen atoms in total. The van der Waals surface area contributed by atoms with E-state index in [1.807, 2.05) is 28.9 Å². The van der Waals surface area contributed by atoms with Crippen LogP contribution in [0.4, 0.5) is 0 Å². The molecule has 0 fully saturated rings. The van der Waals surface area contributed by atoms with Crippen molar-refractivity contribution in [3.8, 4) is 0 Å². The van der Waals surface area contributed by atoms with E-state index in [0.29, 0.717) is 11.5 Å². The van der Waals surface area contributed by atoms with Crippen molar-refractivity contribution in [2.45, 2.75) is 13.3 Å². The molecule has 1 N–H and O–H groups in total. The Kier molecular flexibility index (Phi) is 3.42. The van der Waals surface area contributed by atoms with Crippen LogP contribution in [0.1, 0.15) is 23.7 Å². The lowest BCUT2D eigenvalue weighted by molar-refractivity contribution is 0.319. The van der Waals surface area contributed by atoms with E-state index in [-0.39, 0.29) is 0 Å². The van der Waals surface area contributed by atoms with Crippen LogP contribution < -0.4 is 0 Å². The van der Waals surface area contributed by atoms with Crippen LogP contribution in [0.2, 0.25) is 0 Å². The van der Waals surface area contributed by atoms with Gasteiger partial charge < -0.3 is 5.21 Å². The third kappa shape index (κ3) is 2.48. The van der Waals surface area contributed by atoms with Gasteiger partial charge in [-0.25, -0.2) is 9.97 Å². The Morgan fingerprint density at radius 1 is 1.17 bits per heavy atom. The molecule has 0 unspecified atom stereocenters. The summed E-state index contributed by atoms with van der Waals surface area (Å²) in [6.45, 7) is 1.73. The molecule has 4 aromatic rings. The van der Waals surface area contributed by atoms with E-state index in [1.165, 1.54) is 5.56 Å². The molecule has 0 aliphatic carbocycles. The largest absolute Gasteiger partial charge is 0.411 e. The number of oxime groups is 1. The van der Waals surface area contributed by atoms with E-state index in [0.717, 1.165) is 28.6 Å². The van der Waals surface area contributed by atoms with Gasteiger partial charge in [-0.3, -0.25) is 9.38 Å². The minimum atomic E-state index is 0.515. The van der Waals surface area contributed by atoms with Gasteiger partial charge in [0.15, 0.2) is 0 Å². The zero-order valence-electron chi connectivity index (χ0n) is 13.1. The molecule has 0 aliphatic rings. The van der Waals surface area contributed by atoms with Gasteiger partial charge in [-0.2, -0.15) is 0 Å². The molecule has 3 aromatic heterocycles. The van der Waals surface area contributed by atoms with E-state index in [4.69, 9.17) is 5.21 Å². The molecule has 0 aliphatic heterocycles. The van der Waals surface area contributed by atoms with Gasteiger partial charge >= 0.3 is 0 Å². The Bertz CT molecular complexity index is 1070. The van der Waals surface area contributed by atoms with Gasteiger partial charge in [0.25, 0.3) is 0 Å². The predicted molar refractivity (Wildman–Crippen MR) is 91.5 cm³/mol. The van der Waals surface area contributed by atoms with Gasteiger partial charge in [-0.15, -0.1) is 0 Å². The minimum Gasteiger partial charge on any atom is -0.411 e. The first kappa shape index (κ1) is 14.3. The highest BCUT2D eigenvalue weighted by atomic mass is 16.4. The molecule has 0 bridgehead atoms. The number of benzene rings is 1. The van der Waals surface area contributed by atoms with E-state index in [2.05, 4.69) is 38.3 Å². The maximum absolute atomic E-state index is 8.95. The average Bonchev–Trinajstić information content (AvgIpc) is 3.03. The van der Waals surface area contributed by atoms with Crippen LogP contribution in [0, 0.1) is 0 Å². The number of aromatic nitrogens is 4. The van der Waals surface area contributed by atoms with Crippen LogP contribution in [-0.2, 0) is 6.42 Å². The van der Waals surface area contributed by atoms with Crippen LogP contribution in [0.5, 0.6) is 0 Å². The molecule has 0 atom stereocenters. The molecule has 0 spiro atoms. The van der Waals surface area contributed by atoms with Gasteiger partial charge in [0.2, 0.25) is 5.78 Å². The van der Waals surface area contributed by atoms with Gasteiger partial charge in [0.1, 0.15) is 0 Å². The summed E-state index contributed by atoms with van der Waals surface area (Å²) in [7, 11) is 0. The van der Waals surface area contributed by atoms with Crippen molar-refractivity contribution in [1.29, 1.82) is 0 Å². The van der Waals surface area contributed by atoms with Gasteiger partial charge in [-0.05, 0) is 30.7 Å². The van der Waals surface area contributed by atoms with Gasteiger partial charge in [0, 0.05) is 41.7 Å². The average molecular weight is 317 g/mol. The second kappa shape index (κ2) is 5.73. The molecule has 1 aromatic carbocycles. The van der Waals surface area contributed by atoms with Crippen molar-refractivity contribution >= 4 is 22.4 Å². The maximum atomic E-state index is 8.95. The second-order valence-electron chi connectivity index (χ2n) is 5.65. The van der Waals surface area contributed by atoms with Crippen molar-refractivity contribution < 1.29 is 5.21 Å². The summed E-state index contributed by atoms with van der Waals surface area (Å²) >= 11 is 0. The van der Waals surface area contributed by atoms with Crippen molar-refractivity contribution in [3.05, 3.63) is 71.9 Å². The molecule has 4 rings (SSSR count). The molecule has 0 saturated carbocycles. The smallest absolute Gasteiger partial charge is 0.233 e. The van der Waals surface area contributed by atoms with Crippen LogP contribution in [0.3, 0.4) is 0 Å². The summed E-state index contributed by atoms with van der Waals surface area (Å²) in [6.07, 6.45) is 7.90. The molecular formula is C18H15N5O. The first-order chi connectivity index (χ1) is 11.7. The summed E-state index contributed by atoms with van der Waals surface area (Å²) in [5.74, 6) is 0.627. The molecule has 24 heavy (non-hydrogen) atoms. The van der Waals surface area contributed by atoms with Crippen LogP contribution >= 0.6 is 0 Å². The van der Waals surface area contributed by atoms with Crippen molar-refractivity contribution in [2.24, 2.45) is 5.16 Å². The summed E-state index contributed by atoms with van der Waals surface area (Å²) < 4.78 is 1.93. The summed E-state index contributed by atoms with van der Waals surface area (Å²) in [5.41, 5.74) is 4.45. The predicted octanol–water partition coefficient (Wildman–Crippen LogP) is 3.07. The number of imidazole rings is 1. The zero-order chi connectivity index (χ0) is 16.5. The topological polar surface area (TPSA) is 75.7 Å². The molecule has 0 amide bonds. The maximum Gasteiger partial charge on any atom is 0.233 e. The molecule has 6 heteroatoms. The third-order valence-corrected chi connectivity index (χ3v) is 4.06. The summed E-state index contributed by atoms with van der Waals surface area (Å²) in [5, 5.41) is 13.3. The first-order valence-electron chi connectivity index (χ1n) is 7.59. The van der Waals surface area contributed by atoms with Crippen molar-refractivity contribution in [1.82, 2.24) is 19.4 Å². The summed E-state index contributed by atoms with van der Waals surface area (Å²) in [4.78, 5) is 13.0. The van der Waals surface area contributed by atoms with Gasteiger partial charge in [-0.1, -0.05) is 17.3 Å². The molecule has 3 heterocycles. The Morgan fingerprint density at radius 3 is 2.92 bits per heavy atom. The lowest BCUT2D eigenvalue weighted by atomic mass is 10.1. The Hall–Kier alpha value is -3.28. The zero-order valence-corrected chi connectivity index (χ0v) is 13.1. The third-order valence-electron chi connectivity index (χ3n) is 4.06. The van der Waals surface area contributed by atoms with Crippen LogP contribution in [0.15, 0.2) is 60.3 Å². The van der Waals surface area contributed by atoms with Crippen LogP contribution in [-0.4, -0.2) is 30.3 Å². The second-order valence-corrected chi connectivity index (χ2v) is 5.65. The van der Waals surface area contributed by atoms with Crippen LogP contribution in [0.25, 0.3) is 16.7 Å². The number of pyridine rings is 1. The highest BCUT2D eigenvalue weighted by Crippen LogP contribution is 2.17. The lowest BCUT2D eigenvalue weighted by Crippen LogP contribution is -2.02. The normalized spacial score (nSPS) is 12.1. The Labute approximate surface area is 138 Å². The van der Waals surface area contributed by atoms with Gasteiger partial charge in [0.05, 0.1) is 17.4 Å². The van der Waals surface area contributed by atoms with E-state index < -0.39 is 0 Å². The van der Waals surface area contributed by atoms with E-state index in [1.54, 1.807) is 19.3 Å². The number of rotatable bonds is 3. The van der Waals surface area contributed by atoms with Crippen molar-refractivity contribution in [2.75, 3.05) is 0 Å². The fourth-order valence-corrected chi connectivity index (χ4v) is 2.74. The standard InChI is InChI=1S/C18H15N5O/c1-12(22-24)15-9-20-18-21-10-16(23(18)11-15)8-13-4-5-17-14(7-13)3-2-6-19-17/h2-7,9-11,24H,8H2,1H3. The highest BCUT2D eigenvalue weighted by Gasteiger charge is 2.08. The fourth-order valence-electron chi connectivity index (χ4n) is 2.74. The van der Waals surface area contributed by atoms with E-state index >= 15 is 0 Å². The number of hydrogen-bond donors (Lipinski definition) is 1. The molecule has 0 saturated heterocycles. The molecule has 0 radical (unpaired) electrons. The summed E-state index contributed by atoms with van der Waals surface area (Å²) in [6, 6.07) is 10.2.